The summed E-state index contributed by atoms with van der Waals surface area (Å²) >= 11 is 0. The Bertz CT molecular complexity index is 666. The van der Waals surface area contributed by atoms with Crippen LogP contribution < -0.4 is 5.32 Å². The Morgan fingerprint density at radius 2 is 2.05 bits per heavy atom. The Morgan fingerprint density at radius 3 is 2.77 bits per heavy atom. The summed E-state index contributed by atoms with van der Waals surface area (Å²) in [5, 5.41) is 3.24. The normalized spacial score (nSPS) is 17.9. The van der Waals surface area contributed by atoms with Gasteiger partial charge in [0, 0.05) is 6.54 Å². The number of rotatable bonds is 4. The molecule has 116 valence electrons. The van der Waals surface area contributed by atoms with E-state index in [1.54, 1.807) is 25.1 Å². The summed E-state index contributed by atoms with van der Waals surface area (Å²) < 4.78 is 32.9. The van der Waals surface area contributed by atoms with Gasteiger partial charge in [-0.05, 0) is 66.4 Å². The molecular formula is C18H19F2NO. The van der Waals surface area contributed by atoms with E-state index in [-0.39, 0.29) is 17.7 Å². The standard InChI is InChI=1S/C18H19F2NO/c1-12-8-13(2-5-18(12)20)17-4-3-15(19)9-14(17)11-22-16-6-7-21-10-16/h2-5,8-9,16,21H,6-7,10-11H2,1H3/t16-/m0/s1. The number of ether oxygens (including phenoxy) is 1. The maximum absolute atomic E-state index is 13.6. The molecule has 1 aliphatic rings. The SMILES string of the molecule is Cc1cc(-c2ccc(F)cc2CO[C@H]2CCNC2)ccc1F. The highest BCUT2D eigenvalue weighted by atomic mass is 19.1. The predicted molar refractivity (Wildman–Crippen MR) is 82.6 cm³/mol. The lowest BCUT2D eigenvalue weighted by atomic mass is 9.98. The van der Waals surface area contributed by atoms with E-state index >= 15 is 0 Å². The van der Waals surface area contributed by atoms with Crippen molar-refractivity contribution in [2.75, 3.05) is 13.1 Å². The molecule has 0 bridgehead atoms. The average Bonchev–Trinajstić information content (AvgIpc) is 3.02. The van der Waals surface area contributed by atoms with E-state index in [1.165, 1.54) is 18.2 Å². The zero-order valence-electron chi connectivity index (χ0n) is 12.5. The topological polar surface area (TPSA) is 21.3 Å². The predicted octanol–water partition coefficient (Wildman–Crippen LogP) is 3.82. The minimum atomic E-state index is -0.286. The Balaban J connectivity index is 1.87. The molecule has 0 aromatic heterocycles. The van der Waals surface area contributed by atoms with Gasteiger partial charge in [-0.15, -0.1) is 0 Å². The zero-order chi connectivity index (χ0) is 15.5. The van der Waals surface area contributed by atoms with Gasteiger partial charge in [0.1, 0.15) is 11.6 Å². The number of hydrogen-bond acceptors (Lipinski definition) is 2. The van der Waals surface area contributed by atoms with Crippen LogP contribution in [0.4, 0.5) is 8.78 Å². The van der Waals surface area contributed by atoms with Crippen LogP contribution in [0.15, 0.2) is 36.4 Å². The third kappa shape index (κ3) is 3.34. The quantitative estimate of drug-likeness (QED) is 0.927. The first-order chi connectivity index (χ1) is 10.6. The molecule has 2 aromatic carbocycles. The van der Waals surface area contributed by atoms with Gasteiger partial charge in [-0.3, -0.25) is 0 Å². The summed E-state index contributed by atoms with van der Waals surface area (Å²) in [5.41, 5.74) is 3.13. The highest BCUT2D eigenvalue weighted by molar-refractivity contribution is 5.68. The molecule has 1 fully saturated rings. The van der Waals surface area contributed by atoms with Gasteiger partial charge in [-0.1, -0.05) is 12.1 Å². The van der Waals surface area contributed by atoms with E-state index in [4.69, 9.17) is 4.74 Å². The highest BCUT2D eigenvalue weighted by Gasteiger charge is 2.16. The molecule has 0 amide bonds. The van der Waals surface area contributed by atoms with Gasteiger partial charge in [0.05, 0.1) is 12.7 Å². The summed E-state index contributed by atoms with van der Waals surface area (Å²) in [5.74, 6) is -0.522. The van der Waals surface area contributed by atoms with Gasteiger partial charge in [0.2, 0.25) is 0 Å². The van der Waals surface area contributed by atoms with Crippen LogP contribution >= 0.6 is 0 Å². The fourth-order valence-electron chi connectivity index (χ4n) is 2.75. The molecule has 0 radical (unpaired) electrons. The lowest BCUT2D eigenvalue weighted by Crippen LogP contribution is -2.16. The van der Waals surface area contributed by atoms with Crippen molar-refractivity contribution in [3.8, 4) is 11.1 Å². The van der Waals surface area contributed by atoms with Gasteiger partial charge in [-0.25, -0.2) is 8.78 Å². The number of halogens is 2. The second-order valence-corrected chi connectivity index (χ2v) is 5.69. The van der Waals surface area contributed by atoms with Crippen molar-refractivity contribution in [1.82, 2.24) is 5.32 Å². The largest absolute Gasteiger partial charge is 0.372 e. The van der Waals surface area contributed by atoms with Crippen LogP contribution in [-0.2, 0) is 11.3 Å². The minimum Gasteiger partial charge on any atom is -0.372 e. The van der Waals surface area contributed by atoms with Gasteiger partial charge in [-0.2, -0.15) is 0 Å². The first-order valence-electron chi connectivity index (χ1n) is 7.51. The number of hydrogen-bond donors (Lipinski definition) is 1. The van der Waals surface area contributed by atoms with Gasteiger partial charge < -0.3 is 10.1 Å². The van der Waals surface area contributed by atoms with E-state index in [2.05, 4.69) is 5.32 Å². The number of aryl methyl sites for hydroxylation is 1. The molecular weight excluding hydrogens is 284 g/mol. The van der Waals surface area contributed by atoms with Gasteiger partial charge >= 0.3 is 0 Å². The van der Waals surface area contributed by atoms with Crippen LogP contribution in [0.3, 0.4) is 0 Å². The Kier molecular flexibility index (Phi) is 4.50. The van der Waals surface area contributed by atoms with E-state index in [0.717, 1.165) is 36.2 Å². The third-order valence-electron chi connectivity index (χ3n) is 4.03. The Hall–Kier alpha value is -1.78. The average molecular weight is 303 g/mol. The molecule has 1 aliphatic heterocycles. The highest BCUT2D eigenvalue weighted by Crippen LogP contribution is 2.27. The summed E-state index contributed by atoms with van der Waals surface area (Å²) in [6.07, 6.45) is 1.14. The molecule has 3 rings (SSSR count). The van der Waals surface area contributed by atoms with Crippen LogP contribution in [0.25, 0.3) is 11.1 Å². The van der Waals surface area contributed by atoms with Crippen molar-refractivity contribution in [3.63, 3.8) is 0 Å². The first kappa shape index (κ1) is 15.1. The van der Waals surface area contributed by atoms with Crippen LogP contribution in [0.2, 0.25) is 0 Å². The minimum absolute atomic E-state index is 0.172. The van der Waals surface area contributed by atoms with Crippen molar-refractivity contribution in [3.05, 3.63) is 59.2 Å². The van der Waals surface area contributed by atoms with E-state index in [9.17, 15) is 8.78 Å². The van der Waals surface area contributed by atoms with Crippen LogP contribution in [0, 0.1) is 18.6 Å². The third-order valence-corrected chi connectivity index (χ3v) is 4.03. The molecule has 0 spiro atoms. The molecule has 0 saturated carbocycles. The molecule has 2 nitrogen and oxygen atoms in total. The maximum Gasteiger partial charge on any atom is 0.126 e. The molecule has 4 heteroatoms. The molecule has 1 N–H and O–H groups in total. The smallest absolute Gasteiger partial charge is 0.126 e. The van der Waals surface area contributed by atoms with Crippen molar-refractivity contribution < 1.29 is 13.5 Å². The molecule has 1 saturated heterocycles. The summed E-state index contributed by atoms with van der Waals surface area (Å²) in [6, 6.07) is 9.59. The summed E-state index contributed by atoms with van der Waals surface area (Å²) in [7, 11) is 0. The molecule has 0 unspecified atom stereocenters. The van der Waals surface area contributed by atoms with Crippen molar-refractivity contribution in [2.45, 2.75) is 26.1 Å². The second-order valence-electron chi connectivity index (χ2n) is 5.69. The lowest BCUT2D eigenvalue weighted by Gasteiger charge is -2.14. The van der Waals surface area contributed by atoms with E-state index in [1.807, 2.05) is 0 Å². The van der Waals surface area contributed by atoms with Gasteiger partial charge in [0.15, 0.2) is 0 Å². The van der Waals surface area contributed by atoms with E-state index in [0.29, 0.717) is 12.2 Å². The van der Waals surface area contributed by atoms with Crippen molar-refractivity contribution in [2.24, 2.45) is 0 Å². The fourth-order valence-corrected chi connectivity index (χ4v) is 2.75. The fraction of sp³-hybridized carbons (Fsp3) is 0.333. The lowest BCUT2D eigenvalue weighted by molar-refractivity contribution is 0.0543. The zero-order valence-corrected chi connectivity index (χ0v) is 12.5. The molecule has 1 atom stereocenters. The monoisotopic (exact) mass is 303 g/mol. The summed E-state index contributed by atoms with van der Waals surface area (Å²) in [4.78, 5) is 0. The summed E-state index contributed by atoms with van der Waals surface area (Å²) in [6.45, 7) is 3.87. The van der Waals surface area contributed by atoms with Crippen molar-refractivity contribution >= 4 is 0 Å². The van der Waals surface area contributed by atoms with Gasteiger partial charge in [0.25, 0.3) is 0 Å². The Morgan fingerprint density at radius 1 is 1.18 bits per heavy atom. The van der Waals surface area contributed by atoms with Crippen LogP contribution in [0.5, 0.6) is 0 Å². The number of nitrogens with one attached hydrogen (secondary N) is 1. The molecule has 0 aliphatic carbocycles. The molecule has 2 aromatic rings. The van der Waals surface area contributed by atoms with Crippen LogP contribution in [-0.4, -0.2) is 19.2 Å². The Labute approximate surface area is 129 Å². The van der Waals surface area contributed by atoms with Crippen molar-refractivity contribution in [1.29, 1.82) is 0 Å². The molecule has 1 heterocycles. The van der Waals surface area contributed by atoms with E-state index < -0.39 is 0 Å². The van der Waals surface area contributed by atoms with Crippen LogP contribution in [0.1, 0.15) is 17.5 Å². The molecule has 22 heavy (non-hydrogen) atoms. The first-order valence-corrected chi connectivity index (χ1v) is 7.51. The maximum atomic E-state index is 13.6. The second kappa shape index (κ2) is 6.55. The number of benzene rings is 2.